The fourth-order valence-corrected chi connectivity index (χ4v) is 7.17. The van der Waals surface area contributed by atoms with Crippen LogP contribution < -0.4 is 9.80 Å². The van der Waals surface area contributed by atoms with Gasteiger partial charge in [0.05, 0.1) is 0 Å². The molecule has 0 unspecified atom stereocenters. The van der Waals surface area contributed by atoms with Gasteiger partial charge in [0.1, 0.15) is 11.2 Å². The zero-order chi connectivity index (χ0) is 34.0. The van der Waals surface area contributed by atoms with Crippen molar-refractivity contribution in [1.82, 2.24) is 0 Å². The van der Waals surface area contributed by atoms with Gasteiger partial charge in [-0.1, -0.05) is 109 Å². The molecule has 9 rings (SSSR count). The quantitative estimate of drug-likeness (QED) is 0.162. The predicted octanol–water partition coefficient (Wildman–Crippen LogP) is 13.8. The molecule has 0 saturated carbocycles. The van der Waals surface area contributed by atoms with Crippen molar-refractivity contribution in [3.63, 3.8) is 0 Å². The van der Waals surface area contributed by atoms with Gasteiger partial charge in [-0.05, 0) is 120 Å². The molecule has 3 nitrogen and oxygen atoms in total. The number of furan rings is 1. The van der Waals surface area contributed by atoms with Gasteiger partial charge in [0, 0.05) is 44.9 Å². The summed E-state index contributed by atoms with van der Waals surface area (Å²) in [6.07, 6.45) is 8.72. The van der Waals surface area contributed by atoms with E-state index in [-0.39, 0.29) is 0 Å². The van der Waals surface area contributed by atoms with Crippen LogP contribution in [0.2, 0.25) is 0 Å². The van der Waals surface area contributed by atoms with E-state index in [1.165, 1.54) is 39.3 Å². The number of fused-ring (bicyclic) bond motifs is 3. The van der Waals surface area contributed by atoms with Crippen LogP contribution in [-0.2, 0) is 0 Å². The Morgan fingerprint density at radius 2 is 0.863 bits per heavy atom. The first-order valence-corrected chi connectivity index (χ1v) is 17.6. The summed E-state index contributed by atoms with van der Waals surface area (Å²) < 4.78 is 6.07. The van der Waals surface area contributed by atoms with E-state index >= 15 is 0 Å². The van der Waals surface area contributed by atoms with E-state index in [9.17, 15) is 0 Å². The number of hydrogen-bond acceptors (Lipinski definition) is 3. The van der Waals surface area contributed by atoms with Crippen molar-refractivity contribution in [2.75, 3.05) is 9.80 Å². The second-order valence-electron chi connectivity index (χ2n) is 12.9. The van der Waals surface area contributed by atoms with Crippen LogP contribution in [0.3, 0.4) is 0 Å². The Kier molecular flexibility index (Phi) is 7.99. The van der Waals surface area contributed by atoms with Crippen LogP contribution in [0.25, 0.3) is 44.2 Å². The minimum atomic E-state index is 0.912. The lowest BCUT2D eigenvalue weighted by Gasteiger charge is -2.29. The molecular weight excluding hydrogens is 621 g/mol. The van der Waals surface area contributed by atoms with Crippen molar-refractivity contribution in [2.24, 2.45) is 0 Å². The molecule has 3 heteroatoms. The summed E-state index contributed by atoms with van der Waals surface area (Å²) in [5, 5.41) is 2.28. The summed E-state index contributed by atoms with van der Waals surface area (Å²) in [7, 11) is 0. The monoisotopic (exact) mass is 656 g/mol. The van der Waals surface area contributed by atoms with Crippen LogP contribution in [0.4, 0.5) is 28.4 Å². The van der Waals surface area contributed by atoms with Crippen LogP contribution in [0.1, 0.15) is 12.8 Å². The third-order valence-corrected chi connectivity index (χ3v) is 9.73. The molecule has 0 saturated heterocycles. The molecule has 0 bridgehead atoms. The molecule has 1 aliphatic rings. The van der Waals surface area contributed by atoms with E-state index in [0.717, 1.165) is 51.8 Å². The Morgan fingerprint density at radius 1 is 0.392 bits per heavy atom. The average molecular weight is 657 g/mol. The van der Waals surface area contributed by atoms with Gasteiger partial charge in [0.15, 0.2) is 0 Å². The highest BCUT2D eigenvalue weighted by Gasteiger charge is 2.17. The molecule has 1 aliphatic carbocycles. The first-order chi connectivity index (χ1) is 25.3. The second-order valence-corrected chi connectivity index (χ2v) is 12.9. The Bertz CT molecular complexity index is 2490. The smallest absolute Gasteiger partial charge is 0.135 e. The zero-order valence-electron chi connectivity index (χ0n) is 28.2. The second kappa shape index (κ2) is 13.4. The molecule has 0 fully saturated rings. The zero-order valence-corrected chi connectivity index (χ0v) is 28.2. The predicted molar refractivity (Wildman–Crippen MR) is 214 cm³/mol. The van der Waals surface area contributed by atoms with Crippen LogP contribution in [-0.4, -0.2) is 0 Å². The molecular formula is C48H36N2O. The van der Waals surface area contributed by atoms with E-state index in [2.05, 4.69) is 192 Å². The van der Waals surface area contributed by atoms with Crippen LogP contribution in [0.15, 0.2) is 204 Å². The molecule has 0 spiro atoms. The number of nitrogens with zero attached hydrogens (tertiary/aromatic N) is 2. The lowest BCUT2D eigenvalue weighted by molar-refractivity contribution is 0.669. The van der Waals surface area contributed by atoms with Crippen molar-refractivity contribution >= 4 is 50.4 Å². The number of allylic oxidation sites excluding steroid dienone is 4. The molecule has 1 heterocycles. The topological polar surface area (TPSA) is 19.6 Å². The summed E-state index contributed by atoms with van der Waals surface area (Å²) in [6.45, 7) is 0. The van der Waals surface area contributed by atoms with Gasteiger partial charge in [0.2, 0.25) is 0 Å². The third-order valence-electron chi connectivity index (χ3n) is 9.73. The number of hydrogen-bond donors (Lipinski definition) is 0. The maximum atomic E-state index is 6.07. The van der Waals surface area contributed by atoms with Crippen molar-refractivity contribution in [2.45, 2.75) is 12.8 Å². The summed E-state index contributed by atoms with van der Waals surface area (Å²) >= 11 is 0. The maximum Gasteiger partial charge on any atom is 0.135 e. The highest BCUT2D eigenvalue weighted by atomic mass is 16.3. The summed E-state index contributed by atoms with van der Waals surface area (Å²) in [5.74, 6) is 0. The van der Waals surface area contributed by atoms with E-state index < -0.39 is 0 Å². The van der Waals surface area contributed by atoms with Crippen molar-refractivity contribution in [3.8, 4) is 22.3 Å². The fraction of sp³-hybridized carbons (Fsp3) is 0.0417. The van der Waals surface area contributed by atoms with Gasteiger partial charge in [-0.2, -0.15) is 0 Å². The molecule has 0 N–H and O–H groups in total. The molecule has 0 atom stereocenters. The minimum Gasteiger partial charge on any atom is -0.456 e. The van der Waals surface area contributed by atoms with Gasteiger partial charge in [-0.25, -0.2) is 0 Å². The van der Waals surface area contributed by atoms with Crippen molar-refractivity contribution in [3.05, 3.63) is 200 Å². The normalized spacial score (nSPS) is 12.6. The van der Waals surface area contributed by atoms with Crippen LogP contribution in [0, 0.1) is 0 Å². The SMILES string of the molecule is C1=CCCC(N(c2ccccc2)c2ccc(-c3ccc(N(c4ccccc4)c4ccc(-c5ccc6oc7ccccc7c6c5)cc4)cc3)cc2)=C1. The highest BCUT2D eigenvalue weighted by Crippen LogP contribution is 2.39. The Hall–Kier alpha value is -6.58. The van der Waals surface area contributed by atoms with E-state index in [0.29, 0.717) is 0 Å². The lowest BCUT2D eigenvalue weighted by Crippen LogP contribution is -2.17. The van der Waals surface area contributed by atoms with Crippen LogP contribution in [0.5, 0.6) is 0 Å². The number of benzene rings is 7. The largest absolute Gasteiger partial charge is 0.456 e. The first kappa shape index (κ1) is 30.5. The lowest BCUT2D eigenvalue weighted by atomic mass is 10.0. The minimum absolute atomic E-state index is 0.912. The molecule has 0 radical (unpaired) electrons. The molecule has 7 aromatic carbocycles. The molecule has 51 heavy (non-hydrogen) atoms. The van der Waals surface area contributed by atoms with E-state index in [1.807, 2.05) is 12.1 Å². The third kappa shape index (κ3) is 6.00. The Morgan fingerprint density at radius 3 is 1.45 bits per heavy atom. The van der Waals surface area contributed by atoms with Gasteiger partial charge < -0.3 is 14.2 Å². The van der Waals surface area contributed by atoms with Crippen molar-refractivity contribution < 1.29 is 4.42 Å². The Labute approximate surface area is 298 Å². The fourth-order valence-electron chi connectivity index (χ4n) is 7.17. The molecule has 1 aromatic heterocycles. The first-order valence-electron chi connectivity index (χ1n) is 17.6. The summed E-state index contributed by atoms with van der Waals surface area (Å²) in [6, 6.07) is 62.6. The number of anilines is 5. The molecule has 8 aromatic rings. The Balaban J connectivity index is 1.01. The summed E-state index contributed by atoms with van der Waals surface area (Å²) in [4.78, 5) is 4.69. The summed E-state index contributed by atoms with van der Waals surface area (Å²) in [5.41, 5.74) is 13.5. The molecule has 244 valence electrons. The van der Waals surface area contributed by atoms with Gasteiger partial charge in [-0.3, -0.25) is 0 Å². The van der Waals surface area contributed by atoms with Gasteiger partial charge in [0.25, 0.3) is 0 Å². The van der Waals surface area contributed by atoms with Gasteiger partial charge in [-0.15, -0.1) is 0 Å². The van der Waals surface area contributed by atoms with Crippen LogP contribution >= 0.6 is 0 Å². The van der Waals surface area contributed by atoms with E-state index in [4.69, 9.17) is 4.42 Å². The van der Waals surface area contributed by atoms with Gasteiger partial charge >= 0.3 is 0 Å². The van der Waals surface area contributed by atoms with E-state index in [1.54, 1.807) is 0 Å². The standard InChI is InChI=1S/C48H36N2O/c1-4-12-39(13-5-1)49(40-14-6-2-7-15-40)42-27-20-35(21-28-42)36-22-29-43(30-23-36)50(41-16-8-3-9-17-41)44-31-24-37(25-32-44)38-26-33-48-46(34-38)45-18-10-11-19-47(45)51-48/h1-6,8-14,16-34H,7,15H2. The maximum absolute atomic E-state index is 6.07. The molecule has 0 amide bonds. The number of rotatable bonds is 8. The van der Waals surface area contributed by atoms with Crippen molar-refractivity contribution in [1.29, 1.82) is 0 Å². The molecule has 0 aliphatic heterocycles. The average Bonchev–Trinajstić information content (AvgIpc) is 3.58. The number of para-hydroxylation sites is 3. The highest BCUT2D eigenvalue weighted by molar-refractivity contribution is 6.06.